The van der Waals surface area contributed by atoms with Gasteiger partial charge in [0.15, 0.2) is 0 Å². The predicted octanol–water partition coefficient (Wildman–Crippen LogP) is 4.51. The summed E-state index contributed by atoms with van der Waals surface area (Å²) in [4.78, 5) is 5.38. The molecule has 0 fully saturated rings. The van der Waals surface area contributed by atoms with Gasteiger partial charge in [0.2, 0.25) is 5.82 Å². The predicted molar refractivity (Wildman–Crippen MR) is 70.2 cm³/mol. The van der Waals surface area contributed by atoms with E-state index in [-0.39, 0.29) is 0 Å². The lowest BCUT2D eigenvalue weighted by Gasteiger charge is -2.20. The number of hydrogen-bond donors (Lipinski definition) is 0. The Morgan fingerprint density at radius 3 is 2.50 bits per heavy atom. The van der Waals surface area contributed by atoms with E-state index in [4.69, 9.17) is 0 Å². The normalized spacial score (nSPS) is 13.6. The number of hydrogen-bond acceptors (Lipinski definition) is 2. The molecule has 1 aliphatic rings. The van der Waals surface area contributed by atoms with Crippen LogP contribution in [0.1, 0.15) is 5.82 Å². The Morgan fingerprint density at radius 1 is 0.950 bits per heavy atom. The van der Waals surface area contributed by atoms with Crippen LogP contribution in [-0.4, -0.2) is 9.55 Å². The molecule has 2 nitrogen and oxygen atoms in total. The molecule has 20 heavy (non-hydrogen) atoms. The van der Waals surface area contributed by atoms with E-state index >= 15 is 0 Å². The van der Waals surface area contributed by atoms with Crippen molar-refractivity contribution in [1.82, 2.24) is 9.55 Å². The van der Waals surface area contributed by atoms with Gasteiger partial charge < -0.3 is 0 Å². The SMILES string of the molecule is FC(F)(F)c1nc2cccc3c2n1-c1ccccc1S3. The molecular weight excluding hydrogens is 285 g/mol. The minimum Gasteiger partial charge on any atom is -0.286 e. The fraction of sp³-hybridized carbons (Fsp3) is 0.0714. The largest absolute Gasteiger partial charge is 0.450 e. The van der Waals surface area contributed by atoms with Crippen molar-refractivity contribution in [3.05, 3.63) is 48.3 Å². The first-order valence-corrected chi connectivity index (χ1v) is 6.73. The average Bonchev–Trinajstić information content (AvgIpc) is 2.81. The maximum Gasteiger partial charge on any atom is 0.450 e. The minimum atomic E-state index is -4.48. The topological polar surface area (TPSA) is 17.8 Å². The molecule has 3 aromatic rings. The third-order valence-electron chi connectivity index (χ3n) is 3.22. The van der Waals surface area contributed by atoms with Crippen molar-refractivity contribution >= 4 is 22.8 Å². The van der Waals surface area contributed by atoms with Crippen molar-refractivity contribution < 1.29 is 13.2 Å². The first-order valence-electron chi connectivity index (χ1n) is 5.91. The summed E-state index contributed by atoms with van der Waals surface area (Å²) in [7, 11) is 0. The van der Waals surface area contributed by atoms with Gasteiger partial charge in [-0.05, 0) is 24.3 Å². The van der Waals surface area contributed by atoms with Crippen LogP contribution in [0.5, 0.6) is 0 Å². The molecule has 4 rings (SSSR count). The van der Waals surface area contributed by atoms with Crippen LogP contribution in [0.2, 0.25) is 0 Å². The van der Waals surface area contributed by atoms with E-state index in [2.05, 4.69) is 4.98 Å². The summed E-state index contributed by atoms with van der Waals surface area (Å²) in [6, 6.07) is 12.2. The lowest BCUT2D eigenvalue weighted by atomic mass is 10.2. The van der Waals surface area contributed by atoms with E-state index in [1.807, 2.05) is 18.2 Å². The molecule has 1 aliphatic heterocycles. The minimum absolute atomic E-state index is 0.372. The average molecular weight is 292 g/mol. The van der Waals surface area contributed by atoms with Crippen LogP contribution >= 0.6 is 11.8 Å². The second-order valence-corrected chi connectivity index (χ2v) is 5.55. The molecule has 2 heterocycles. The van der Waals surface area contributed by atoms with Crippen molar-refractivity contribution in [2.75, 3.05) is 0 Å². The Balaban J connectivity index is 2.19. The Hall–Kier alpha value is -1.95. The summed E-state index contributed by atoms with van der Waals surface area (Å²) in [5.74, 6) is -0.868. The van der Waals surface area contributed by atoms with E-state index in [0.29, 0.717) is 16.7 Å². The number of alkyl halides is 3. The zero-order valence-corrected chi connectivity index (χ0v) is 10.8. The molecule has 0 saturated heterocycles. The third kappa shape index (κ3) is 1.51. The second-order valence-electron chi connectivity index (χ2n) is 4.46. The summed E-state index contributed by atoms with van der Waals surface area (Å²) in [6.07, 6.45) is -4.48. The zero-order valence-electron chi connectivity index (χ0n) is 9.98. The van der Waals surface area contributed by atoms with Crippen LogP contribution in [-0.2, 0) is 6.18 Å². The van der Waals surface area contributed by atoms with Crippen molar-refractivity contribution in [1.29, 1.82) is 0 Å². The first-order chi connectivity index (χ1) is 9.55. The van der Waals surface area contributed by atoms with E-state index in [1.54, 1.807) is 24.3 Å². The highest BCUT2D eigenvalue weighted by Crippen LogP contribution is 2.45. The number of imidazole rings is 1. The fourth-order valence-electron chi connectivity index (χ4n) is 2.45. The lowest BCUT2D eigenvalue weighted by molar-refractivity contribution is -0.145. The smallest absolute Gasteiger partial charge is 0.286 e. The van der Waals surface area contributed by atoms with Gasteiger partial charge in [-0.15, -0.1) is 0 Å². The Morgan fingerprint density at radius 2 is 1.70 bits per heavy atom. The standard InChI is InChI=1S/C14H7F3N2S/c15-14(16,17)13-18-8-4-3-7-11-12(8)19(13)9-5-1-2-6-10(9)20-11/h1-7H. The number of aromatic nitrogens is 2. The summed E-state index contributed by atoms with van der Waals surface area (Å²) >= 11 is 1.47. The fourth-order valence-corrected chi connectivity index (χ4v) is 3.54. The van der Waals surface area contributed by atoms with E-state index in [0.717, 1.165) is 9.79 Å². The van der Waals surface area contributed by atoms with E-state index in [1.165, 1.54) is 16.3 Å². The highest BCUT2D eigenvalue weighted by molar-refractivity contribution is 7.99. The molecule has 6 heteroatoms. The molecule has 0 spiro atoms. The molecule has 1 aromatic heterocycles. The van der Waals surface area contributed by atoms with Gasteiger partial charge in [-0.3, -0.25) is 4.57 Å². The van der Waals surface area contributed by atoms with E-state index in [9.17, 15) is 13.2 Å². The van der Waals surface area contributed by atoms with Gasteiger partial charge >= 0.3 is 6.18 Å². The van der Waals surface area contributed by atoms with Gasteiger partial charge in [0, 0.05) is 9.79 Å². The van der Waals surface area contributed by atoms with Gasteiger partial charge in [0.25, 0.3) is 0 Å². The number of nitrogens with zero attached hydrogens (tertiary/aromatic N) is 2. The van der Waals surface area contributed by atoms with Gasteiger partial charge in [-0.2, -0.15) is 13.2 Å². The van der Waals surface area contributed by atoms with Crippen molar-refractivity contribution in [3.8, 4) is 5.69 Å². The summed E-state index contributed by atoms with van der Waals surface area (Å²) in [5, 5.41) is 0. The molecule has 0 atom stereocenters. The number of benzene rings is 2. The quantitative estimate of drug-likeness (QED) is 0.474. The van der Waals surface area contributed by atoms with Crippen LogP contribution in [0.3, 0.4) is 0 Å². The number of fused-ring (bicyclic) bond motifs is 2. The molecule has 100 valence electrons. The molecule has 0 amide bonds. The van der Waals surface area contributed by atoms with E-state index < -0.39 is 12.0 Å². The zero-order chi connectivity index (χ0) is 13.9. The maximum absolute atomic E-state index is 13.2. The Bertz CT molecular complexity index is 836. The molecule has 2 aromatic carbocycles. The highest BCUT2D eigenvalue weighted by Gasteiger charge is 2.39. The molecular formula is C14H7F3N2S. The van der Waals surface area contributed by atoms with Gasteiger partial charge in [0.05, 0.1) is 16.7 Å². The third-order valence-corrected chi connectivity index (χ3v) is 4.33. The van der Waals surface area contributed by atoms with Crippen LogP contribution in [0.4, 0.5) is 13.2 Å². The molecule has 0 unspecified atom stereocenters. The van der Waals surface area contributed by atoms with Gasteiger partial charge in [-0.1, -0.05) is 30.0 Å². The van der Waals surface area contributed by atoms with Gasteiger partial charge in [0.1, 0.15) is 0 Å². The molecule has 0 radical (unpaired) electrons. The summed E-state index contributed by atoms with van der Waals surface area (Å²) in [6.45, 7) is 0. The lowest BCUT2D eigenvalue weighted by Crippen LogP contribution is -2.15. The van der Waals surface area contributed by atoms with Crippen molar-refractivity contribution in [3.63, 3.8) is 0 Å². The van der Waals surface area contributed by atoms with Crippen molar-refractivity contribution in [2.45, 2.75) is 16.0 Å². The van der Waals surface area contributed by atoms with Crippen LogP contribution in [0.25, 0.3) is 16.7 Å². The monoisotopic (exact) mass is 292 g/mol. The van der Waals surface area contributed by atoms with Crippen LogP contribution in [0, 0.1) is 0 Å². The Labute approximate surface area is 116 Å². The van der Waals surface area contributed by atoms with Gasteiger partial charge in [-0.25, -0.2) is 4.98 Å². The molecule has 0 bridgehead atoms. The molecule has 0 aliphatic carbocycles. The number of rotatable bonds is 0. The second kappa shape index (κ2) is 3.79. The number of halogens is 3. The summed E-state index contributed by atoms with van der Waals surface area (Å²) in [5.41, 5.74) is 1.44. The maximum atomic E-state index is 13.2. The molecule has 0 N–H and O–H groups in total. The van der Waals surface area contributed by atoms with Crippen molar-refractivity contribution in [2.24, 2.45) is 0 Å². The number of para-hydroxylation sites is 2. The van der Waals surface area contributed by atoms with Crippen LogP contribution in [0.15, 0.2) is 52.3 Å². The highest BCUT2D eigenvalue weighted by atomic mass is 32.2. The first kappa shape index (κ1) is 11.8. The van der Waals surface area contributed by atoms with Crippen LogP contribution < -0.4 is 0 Å². The molecule has 0 saturated carbocycles. The summed E-state index contributed by atoms with van der Waals surface area (Å²) < 4.78 is 40.9. The Kier molecular flexibility index (Phi) is 2.24.